The van der Waals surface area contributed by atoms with Crippen LogP contribution in [0.15, 0.2) is 70.6 Å². The number of imidazole rings is 1. The molecule has 0 saturated carbocycles. The van der Waals surface area contributed by atoms with Gasteiger partial charge in [0.2, 0.25) is 12.4 Å². The number of aryl methyl sites for hydroxylation is 1. The fourth-order valence-corrected chi connectivity index (χ4v) is 7.69. The van der Waals surface area contributed by atoms with Crippen molar-refractivity contribution in [3.8, 4) is 0 Å². The Morgan fingerprint density at radius 1 is 0.978 bits per heavy atom. The maximum atomic E-state index is 14.3. The molecule has 3 heterocycles. The molecule has 1 saturated heterocycles. The fourth-order valence-electron chi connectivity index (χ4n) is 5.26. The molecule has 11 nitrogen and oxygen atoms in total. The van der Waals surface area contributed by atoms with E-state index in [1.54, 1.807) is 28.5 Å². The minimum absolute atomic E-state index is 0.0579. The van der Waals surface area contributed by atoms with Crippen molar-refractivity contribution in [1.82, 2.24) is 28.7 Å². The van der Waals surface area contributed by atoms with E-state index in [9.17, 15) is 18.0 Å². The second kappa shape index (κ2) is 13.2. The zero-order valence-electron chi connectivity index (χ0n) is 24.7. The summed E-state index contributed by atoms with van der Waals surface area (Å²) in [6.45, 7) is 5.99. The van der Waals surface area contributed by atoms with Gasteiger partial charge in [-0.3, -0.25) is 24.0 Å². The number of anilines is 2. The highest BCUT2D eigenvalue weighted by Crippen LogP contribution is 2.37. The average molecular weight is 735 g/mol. The van der Waals surface area contributed by atoms with Gasteiger partial charge >= 0.3 is 0 Å². The first-order chi connectivity index (χ1) is 21.3. The molecule has 236 valence electrons. The highest BCUT2D eigenvalue weighted by molar-refractivity contribution is 9.10. The van der Waals surface area contributed by atoms with E-state index in [1.807, 2.05) is 38.1 Å². The van der Waals surface area contributed by atoms with Crippen LogP contribution >= 0.6 is 39.1 Å². The summed E-state index contributed by atoms with van der Waals surface area (Å²) >= 11 is 16.0. The molecule has 45 heavy (non-hydrogen) atoms. The molecule has 5 rings (SSSR count). The Hall–Kier alpha value is -3.36. The van der Waals surface area contributed by atoms with E-state index in [1.165, 1.54) is 33.9 Å². The number of carbonyl (C=O) groups excluding carboxylic acids is 2. The molecule has 0 unspecified atom stereocenters. The monoisotopic (exact) mass is 733 g/mol. The van der Waals surface area contributed by atoms with Crippen LogP contribution in [0, 0.1) is 6.92 Å². The van der Waals surface area contributed by atoms with Gasteiger partial charge in [0.05, 0.1) is 23.8 Å². The number of benzene rings is 2. The topological polar surface area (TPSA) is 122 Å². The summed E-state index contributed by atoms with van der Waals surface area (Å²) < 4.78 is 32.4. The van der Waals surface area contributed by atoms with Crippen molar-refractivity contribution in [2.75, 3.05) is 31.1 Å². The first-order valence-electron chi connectivity index (χ1n) is 13.9. The maximum absolute atomic E-state index is 14.3. The van der Waals surface area contributed by atoms with Gasteiger partial charge in [0.25, 0.3) is 15.9 Å². The lowest BCUT2D eigenvalue weighted by atomic mass is 9.94. The van der Waals surface area contributed by atoms with Gasteiger partial charge in [-0.15, -0.1) is 0 Å². The second-order valence-electron chi connectivity index (χ2n) is 11.2. The number of hydrogen-bond donors (Lipinski definition) is 0. The number of halogens is 3. The third-order valence-corrected chi connectivity index (χ3v) is 10.3. The fraction of sp³-hybridized carbons (Fsp3) is 0.300. The van der Waals surface area contributed by atoms with Crippen molar-refractivity contribution in [2.24, 2.45) is 0 Å². The smallest absolute Gasteiger partial charge is 0.274 e. The Labute approximate surface area is 280 Å². The number of sulfonamides is 1. The second-order valence-corrected chi connectivity index (χ2v) is 14.9. The highest BCUT2D eigenvalue weighted by Gasteiger charge is 2.39. The van der Waals surface area contributed by atoms with Crippen LogP contribution in [0.1, 0.15) is 35.6 Å². The molecule has 0 N–H and O–H groups in total. The molecule has 1 aliphatic rings. The minimum Gasteiger partial charge on any atom is -0.335 e. The standard InChI is InChI=1S/C30H30BrCl2N7O4S/c1-20-16-35-26(17-34-20)28(42)37-8-10-38(11-9-37)45(43,44)27-18-36-29(39(19-41)25-13-23(32)12-24(33)14-25)40(27)30(2,3)15-21-4-6-22(31)7-5-21/h4-7,12-14,16-19H,8-11,15H2,1-3H3. The third-order valence-electron chi connectivity index (χ3n) is 7.44. The highest BCUT2D eigenvalue weighted by atomic mass is 79.9. The van der Waals surface area contributed by atoms with Crippen LogP contribution in [-0.4, -0.2) is 75.6 Å². The van der Waals surface area contributed by atoms with Crippen LogP contribution in [0.5, 0.6) is 0 Å². The van der Waals surface area contributed by atoms with Crippen LogP contribution in [0.2, 0.25) is 10.0 Å². The van der Waals surface area contributed by atoms with Gasteiger partial charge in [-0.1, -0.05) is 51.3 Å². The molecule has 0 spiro atoms. The minimum atomic E-state index is -4.15. The Kier molecular flexibility index (Phi) is 9.66. The maximum Gasteiger partial charge on any atom is 0.274 e. The summed E-state index contributed by atoms with van der Waals surface area (Å²) in [7, 11) is -4.15. The lowest BCUT2D eigenvalue weighted by Crippen LogP contribution is -2.51. The first kappa shape index (κ1) is 33.0. The quantitative estimate of drug-likeness (QED) is 0.209. The third kappa shape index (κ3) is 7.07. The molecule has 2 amide bonds. The Morgan fingerprint density at radius 2 is 1.62 bits per heavy atom. The van der Waals surface area contributed by atoms with Crippen molar-refractivity contribution in [3.05, 3.63) is 92.5 Å². The predicted molar refractivity (Wildman–Crippen MR) is 175 cm³/mol. The molecule has 15 heteroatoms. The zero-order valence-corrected chi connectivity index (χ0v) is 28.6. The number of piperazine rings is 1. The van der Waals surface area contributed by atoms with E-state index < -0.39 is 15.6 Å². The van der Waals surface area contributed by atoms with E-state index in [-0.39, 0.29) is 48.8 Å². The predicted octanol–water partition coefficient (Wildman–Crippen LogP) is 5.47. The molecule has 0 radical (unpaired) electrons. The summed E-state index contributed by atoms with van der Waals surface area (Å²) in [4.78, 5) is 41.1. The summed E-state index contributed by atoms with van der Waals surface area (Å²) in [6, 6.07) is 12.3. The Bertz CT molecular complexity index is 1810. The lowest BCUT2D eigenvalue weighted by Gasteiger charge is -2.36. The summed E-state index contributed by atoms with van der Waals surface area (Å²) in [5.74, 6) is -0.236. The van der Waals surface area contributed by atoms with E-state index in [4.69, 9.17) is 23.2 Å². The van der Waals surface area contributed by atoms with Crippen molar-refractivity contribution in [2.45, 2.75) is 37.8 Å². The number of nitrogens with zero attached hydrogens (tertiary/aromatic N) is 7. The molecule has 2 aromatic heterocycles. The van der Waals surface area contributed by atoms with Crippen LogP contribution in [0.4, 0.5) is 11.6 Å². The molecule has 0 aliphatic carbocycles. The normalized spacial score (nSPS) is 14.4. The lowest BCUT2D eigenvalue weighted by molar-refractivity contribution is -0.106. The molecule has 0 atom stereocenters. The molecule has 1 aliphatic heterocycles. The van der Waals surface area contributed by atoms with Gasteiger partial charge in [-0.25, -0.2) is 18.4 Å². The van der Waals surface area contributed by atoms with Gasteiger partial charge < -0.3 is 4.90 Å². The van der Waals surface area contributed by atoms with Crippen molar-refractivity contribution in [1.29, 1.82) is 0 Å². The Morgan fingerprint density at radius 3 is 2.20 bits per heavy atom. The number of aromatic nitrogens is 4. The van der Waals surface area contributed by atoms with E-state index in [0.29, 0.717) is 34.3 Å². The van der Waals surface area contributed by atoms with Gasteiger partial charge in [0.1, 0.15) is 5.69 Å². The van der Waals surface area contributed by atoms with Gasteiger partial charge in [-0.05, 0) is 63.1 Å². The van der Waals surface area contributed by atoms with Gasteiger partial charge in [0, 0.05) is 52.4 Å². The van der Waals surface area contributed by atoms with Crippen molar-refractivity contribution in [3.63, 3.8) is 0 Å². The largest absolute Gasteiger partial charge is 0.335 e. The molecule has 0 bridgehead atoms. The van der Waals surface area contributed by atoms with E-state index in [0.717, 1.165) is 10.0 Å². The zero-order chi connectivity index (χ0) is 32.5. The SMILES string of the molecule is Cc1cnc(C(=O)N2CCN(S(=O)(=O)c3cnc(N(C=O)c4cc(Cl)cc(Cl)c4)n3C(C)(C)Cc3ccc(Br)cc3)CC2)cn1. The van der Waals surface area contributed by atoms with Gasteiger partial charge in [-0.2, -0.15) is 4.31 Å². The molecule has 1 fully saturated rings. The Balaban J connectivity index is 1.51. The summed E-state index contributed by atoms with van der Waals surface area (Å²) in [6.07, 6.45) is 5.15. The first-order valence-corrected chi connectivity index (χ1v) is 16.9. The summed E-state index contributed by atoms with van der Waals surface area (Å²) in [5.41, 5.74) is 1.26. The molecular formula is C30H30BrCl2N7O4S. The average Bonchev–Trinajstić information content (AvgIpc) is 3.45. The van der Waals surface area contributed by atoms with Crippen LogP contribution in [0.25, 0.3) is 0 Å². The number of carbonyl (C=O) groups is 2. The molecule has 2 aromatic carbocycles. The van der Waals surface area contributed by atoms with E-state index >= 15 is 0 Å². The van der Waals surface area contributed by atoms with Crippen LogP contribution in [0.3, 0.4) is 0 Å². The number of hydrogen-bond acceptors (Lipinski definition) is 7. The molecular weight excluding hydrogens is 705 g/mol. The van der Waals surface area contributed by atoms with E-state index in [2.05, 4.69) is 30.9 Å². The van der Waals surface area contributed by atoms with Crippen LogP contribution in [-0.2, 0) is 26.8 Å². The molecule has 4 aromatic rings. The van der Waals surface area contributed by atoms with Gasteiger partial charge in [0.15, 0.2) is 5.03 Å². The number of rotatable bonds is 9. The van der Waals surface area contributed by atoms with Crippen molar-refractivity contribution >= 4 is 73.1 Å². The summed E-state index contributed by atoms with van der Waals surface area (Å²) in [5, 5.41) is 0.505. The van der Waals surface area contributed by atoms with Crippen molar-refractivity contribution < 1.29 is 18.0 Å². The van der Waals surface area contributed by atoms with Crippen LogP contribution < -0.4 is 4.90 Å². The number of amides is 2.